The molecule has 1 N–H and O–H groups in total. The summed E-state index contributed by atoms with van der Waals surface area (Å²) in [6, 6.07) is 2.13. The first-order valence-electron chi connectivity index (χ1n) is 7.10. The number of amides is 1. The first-order valence-corrected chi connectivity index (χ1v) is 8.92. The Kier molecular flexibility index (Phi) is 3.54. The molecule has 0 bridgehead atoms. The maximum atomic E-state index is 12.2. The van der Waals surface area contributed by atoms with Crippen LogP contribution < -0.4 is 5.32 Å². The molecule has 0 radical (unpaired) electrons. The Morgan fingerprint density at radius 1 is 1.30 bits per heavy atom. The molecule has 0 aromatic carbocycles. The lowest BCUT2D eigenvalue weighted by molar-refractivity contribution is -0.119. The van der Waals surface area contributed by atoms with Gasteiger partial charge in [-0.2, -0.15) is 5.10 Å². The van der Waals surface area contributed by atoms with Gasteiger partial charge in [0.25, 0.3) is 0 Å². The van der Waals surface area contributed by atoms with Crippen LogP contribution in [0, 0.1) is 5.92 Å². The van der Waals surface area contributed by atoms with Gasteiger partial charge in [-0.1, -0.05) is 12.8 Å². The Balaban J connectivity index is 1.69. The van der Waals surface area contributed by atoms with Crippen LogP contribution in [-0.2, 0) is 14.6 Å². The highest BCUT2D eigenvalue weighted by atomic mass is 32.2. The molecule has 7 heteroatoms. The van der Waals surface area contributed by atoms with Gasteiger partial charge in [-0.25, -0.2) is 13.1 Å². The standard InChI is InChI=1S/C13H19N3O3S/c17-13(10-6-8-20(18,19)9-10)15-12-5-7-14-16(12)11-3-1-2-4-11/h5,7,10-11H,1-4,6,8-9H2,(H,15,17). The summed E-state index contributed by atoms with van der Waals surface area (Å²) in [5.74, 6) is 0.146. The smallest absolute Gasteiger partial charge is 0.229 e. The third kappa shape index (κ3) is 2.72. The van der Waals surface area contributed by atoms with Crippen LogP contribution in [0.2, 0.25) is 0 Å². The number of carbonyl (C=O) groups excluding carboxylic acids is 1. The summed E-state index contributed by atoms with van der Waals surface area (Å²) in [4.78, 5) is 12.2. The van der Waals surface area contributed by atoms with Gasteiger partial charge in [0.2, 0.25) is 5.91 Å². The Morgan fingerprint density at radius 3 is 2.70 bits per heavy atom. The lowest BCUT2D eigenvalue weighted by Crippen LogP contribution is -2.25. The molecule has 1 unspecified atom stereocenters. The number of anilines is 1. The highest BCUT2D eigenvalue weighted by molar-refractivity contribution is 7.91. The third-order valence-electron chi connectivity index (χ3n) is 4.20. The Hall–Kier alpha value is -1.37. The van der Waals surface area contributed by atoms with E-state index in [1.54, 1.807) is 12.3 Å². The van der Waals surface area contributed by atoms with Gasteiger partial charge in [0.15, 0.2) is 9.84 Å². The highest BCUT2D eigenvalue weighted by Crippen LogP contribution is 2.31. The molecule has 1 aromatic heterocycles. The van der Waals surface area contributed by atoms with E-state index in [-0.39, 0.29) is 17.4 Å². The maximum Gasteiger partial charge on any atom is 0.229 e. The number of sulfone groups is 1. The van der Waals surface area contributed by atoms with Crippen molar-refractivity contribution in [2.45, 2.75) is 38.1 Å². The van der Waals surface area contributed by atoms with Crippen LogP contribution in [0.15, 0.2) is 12.3 Å². The number of hydrogen-bond acceptors (Lipinski definition) is 4. The van der Waals surface area contributed by atoms with Crippen LogP contribution >= 0.6 is 0 Å². The molecule has 1 amide bonds. The quantitative estimate of drug-likeness (QED) is 0.913. The fourth-order valence-corrected chi connectivity index (χ4v) is 4.82. The van der Waals surface area contributed by atoms with Crippen molar-refractivity contribution in [2.24, 2.45) is 5.92 Å². The van der Waals surface area contributed by atoms with Crippen LogP contribution in [0.5, 0.6) is 0 Å². The minimum Gasteiger partial charge on any atom is -0.311 e. The molecule has 1 aromatic rings. The van der Waals surface area contributed by atoms with E-state index < -0.39 is 15.8 Å². The molecule has 1 aliphatic carbocycles. The molecule has 2 heterocycles. The number of carbonyl (C=O) groups is 1. The van der Waals surface area contributed by atoms with E-state index >= 15 is 0 Å². The molecule has 1 saturated heterocycles. The van der Waals surface area contributed by atoms with Crippen molar-refractivity contribution in [1.82, 2.24) is 9.78 Å². The summed E-state index contributed by atoms with van der Waals surface area (Å²) in [5.41, 5.74) is 0. The monoisotopic (exact) mass is 297 g/mol. The summed E-state index contributed by atoms with van der Waals surface area (Å²) in [6.45, 7) is 0. The van der Waals surface area contributed by atoms with Gasteiger partial charge >= 0.3 is 0 Å². The van der Waals surface area contributed by atoms with Crippen LogP contribution in [-0.4, -0.2) is 35.6 Å². The number of aromatic nitrogens is 2. The Morgan fingerprint density at radius 2 is 2.05 bits per heavy atom. The van der Waals surface area contributed by atoms with Crippen LogP contribution in [0.25, 0.3) is 0 Å². The number of rotatable bonds is 3. The molecule has 3 rings (SSSR count). The molecule has 1 aliphatic heterocycles. The first-order chi connectivity index (χ1) is 9.55. The van der Waals surface area contributed by atoms with E-state index in [1.165, 1.54) is 12.8 Å². The van der Waals surface area contributed by atoms with Gasteiger partial charge in [0.05, 0.1) is 29.7 Å². The zero-order valence-electron chi connectivity index (χ0n) is 11.3. The topological polar surface area (TPSA) is 81.1 Å². The van der Waals surface area contributed by atoms with Gasteiger partial charge in [-0.15, -0.1) is 0 Å². The minimum absolute atomic E-state index is 0.0314. The lowest BCUT2D eigenvalue weighted by atomic mass is 10.1. The zero-order valence-corrected chi connectivity index (χ0v) is 12.1. The lowest BCUT2D eigenvalue weighted by Gasteiger charge is -2.16. The van der Waals surface area contributed by atoms with E-state index in [0.717, 1.165) is 12.8 Å². The summed E-state index contributed by atoms with van der Waals surface area (Å²) in [7, 11) is -3.03. The van der Waals surface area contributed by atoms with Gasteiger partial charge < -0.3 is 5.32 Å². The van der Waals surface area contributed by atoms with Crippen molar-refractivity contribution in [3.8, 4) is 0 Å². The van der Waals surface area contributed by atoms with Gasteiger partial charge in [-0.3, -0.25) is 4.79 Å². The fraction of sp³-hybridized carbons (Fsp3) is 0.692. The Bertz CT molecular complexity index is 602. The second-order valence-electron chi connectivity index (χ2n) is 5.69. The first kappa shape index (κ1) is 13.6. The summed E-state index contributed by atoms with van der Waals surface area (Å²) >= 11 is 0. The maximum absolute atomic E-state index is 12.2. The predicted octanol–water partition coefficient (Wildman–Crippen LogP) is 1.37. The summed E-state index contributed by atoms with van der Waals surface area (Å²) < 4.78 is 24.7. The second-order valence-corrected chi connectivity index (χ2v) is 7.92. The SMILES string of the molecule is O=C(Nc1ccnn1C1CCCC1)C1CCS(=O)(=O)C1. The molecular weight excluding hydrogens is 278 g/mol. The highest BCUT2D eigenvalue weighted by Gasteiger charge is 2.33. The molecule has 1 saturated carbocycles. The Labute approximate surface area is 118 Å². The van der Waals surface area contributed by atoms with Crippen molar-refractivity contribution in [3.05, 3.63) is 12.3 Å². The zero-order chi connectivity index (χ0) is 14.2. The molecule has 2 fully saturated rings. The van der Waals surface area contributed by atoms with E-state index in [0.29, 0.717) is 18.3 Å². The van der Waals surface area contributed by atoms with Crippen LogP contribution in [0.4, 0.5) is 5.82 Å². The summed E-state index contributed by atoms with van der Waals surface area (Å²) in [5, 5.41) is 7.13. The predicted molar refractivity (Wildman–Crippen MR) is 75.1 cm³/mol. The molecule has 2 aliphatic rings. The van der Waals surface area contributed by atoms with Crippen molar-refractivity contribution < 1.29 is 13.2 Å². The average molecular weight is 297 g/mol. The van der Waals surface area contributed by atoms with E-state index in [2.05, 4.69) is 10.4 Å². The molecule has 1 atom stereocenters. The largest absolute Gasteiger partial charge is 0.311 e. The van der Waals surface area contributed by atoms with Gasteiger partial charge in [0, 0.05) is 6.07 Å². The van der Waals surface area contributed by atoms with Gasteiger partial charge in [-0.05, 0) is 19.3 Å². The van der Waals surface area contributed by atoms with Crippen molar-refractivity contribution >= 4 is 21.6 Å². The van der Waals surface area contributed by atoms with Crippen LogP contribution in [0.1, 0.15) is 38.1 Å². The van der Waals surface area contributed by atoms with Crippen LogP contribution in [0.3, 0.4) is 0 Å². The minimum atomic E-state index is -3.03. The van der Waals surface area contributed by atoms with Crippen molar-refractivity contribution in [1.29, 1.82) is 0 Å². The molecule has 110 valence electrons. The molecule has 20 heavy (non-hydrogen) atoms. The average Bonchev–Trinajstić information content (AvgIpc) is 3.08. The number of hydrogen-bond donors (Lipinski definition) is 1. The number of nitrogens with zero attached hydrogens (tertiary/aromatic N) is 2. The fourth-order valence-electron chi connectivity index (χ4n) is 3.08. The van der Waals surface area contributed by atoms with Gasteiger partial charge in [0.1, 0.15) is 5.82 Å². The third-order valence-corrected chi connectivity index (χ3v) is 5.96. The van der Waals surface area contributed by atoms with E-state index in [4.69, 9.17) is 0 Å². The van der Waals surface area contributed by atoms with E-state index in [9.17, 15) is 13.2 Å². The molecule has 0 spiro atoms. The second kappa shape index (κ2) is 5.20. The summed E-state index contributed by atoms with van der Waals surface area (Å²) in [6.07, 6.45) is 6.66. The molecular formula is C13H19N3O3S. The van der Waals surface area contributed by atoms with Crippen molar-refractivity contribution in [3.63, 3.8) is 0 Å². The normalized spacial score (nSPS) is 25.9. The van der Waals surface area contributed by atoms with E-state index in [1.807, 2.05) is 4.68 Å². The molecule has 6 nitrogen and oxygen atoms in total. The van der Waals surface area contributed by atoms with Crippen molar-refractivity contribution in [2.75, 3.05) is 16.8 Å². The number of nitrogens with one attached hydrogen (secondary N) is 1.